The third-order valence-corrected chi connectivity index (χ3v) is 5.11. The van der Waals surface area contributed by atoms with E-state index in [-0.39, 0.29) is 19.1 Å². The quantitative estimate of drug-likeness (QED) is 0.770. The fraction of sp³-hybridized carbons (Fsp3) is 0.273. The summed E-state index contributed by atoms with van der Waals surface area (Å²) in [7, 11) is 1.56. The zero-order valence-corrected chi connectivity index (χ0v) is 15.9. The van der Waals surface area contributed by atoms with Gasteiger partial charge in [-0.2, -0.15) is 0 Å². The van der Waals surface area contributed by atoms with Crippen molar-refractivity contribution < 1.29 is 24.2 Å². The van der Waals surface area contributed by atoms with Crippen molar-refractivity contribution in [3.63, 3.8) is 0 Å². The third kappa shape index (κ3) is 3.58. The van der Waals surface area contributed by atoms with E-state index >= 15 is 0 Å². The molecule has 6 nitrogen and oxygen atoms in total. The van der Waals surface area contributed by atoms with Gasteiger partial charge < -0.3 is 19.9 Å². The zero-order valence-electron chi connectivity index (χ0n) is 15.9. The predicted octanol–water partition coefficient (Wildman–Crippen LogP) is 3.02. The van der Waals surface area contributed by atoms with Gasteiger partial charge in [0.05, 0.1) is 12.7 Å². The predicted molar refractivity (Wildman–Crippen MR) is 106 cm³/mol. The standard InChI is InChI=1S/C22H23NO5/c1-3-22(21(25)26,17-9-5-4-6-10-17)14-23-20(24)16-12-15-8-7-11-18(27-2)19(15)28-13-16/h4-12H,3,13-14H2,1-2H3,(H,23,24)(H,25,26). The Labute approximate surface area is 163 Å². The van der Waals surface area contributed by atoms with Gasteiger partial charge in [-0.05, 0) is 24.1 Å². The van der Waals surface area contributed by atoms with Crippen molar-refractivity contribution >= 4 is 18.0 Å². The smallest absolute Gasteiger partial charge is 0.315 e. The first kappa shape index (κ1) is 19.5. The first-order chi connectivity index (χ1) is 13.5. The number of para-hydroxylation sites is 1. The third-order valence-electron chi connectivity index (χ3n) is 5.11. The SMILES string of the molecule is CCC(CNC(=O)C1=Cc2cccc(OC)c2OC1)(C(=O)O)c1ccccc1. The summed E-state index contributed by atoms with van der Waals surface area (Å²) in [5.41, 5.74) is 0.658. The Kier molecular flexibility index (Phi) is 5.68. The molecular weight excluding hydrogens is 358 g/mol. The average Bonchev–Trinajstić information content (AvgIpc) is 2.74. The molecule has 0 bridgehead atoms. The number of aliphatic carboxylic acids is 1. The Morgan fingerprint density at radius 3 is 2.57 bits per heavy atom. The van der Waals surface area contributed by atoms with Crippen molar-refractivity contribution in [1.29, 1.82) is 0 Å². The second kappa shape index (κ2) is 8.17. The average molecular weight is 381 g/mol. The molecule has 0 aromatic heterocycles. The van der Waals surface area contributed by atoms with Crippen molar-refractivity contribution in [2.24, 2.45) is 0 Å². The fourth-order valence-electron chi connectivity index (χ4n) is 3.36. The summed E-state index contributed by atoms with van der Waals surface area (Å²) < 4.78 is 11.0. The Hall–Kier alpha value is -3.28. The number of fused-ring (bicyclic) bond motifs is 1. The van der Waals surface area contributed by atoms with E-state index < -0.39 is 11.4 Å². The normalized spacial score (nSPS) is 14.7. The lowest BCUT2D eigenvalue weighted by molar-refractivity contribution is -0.144. The minimum Gasteiger partial charge on any atom is -0.493 e. The highest BCUT2D eigenvalue weighted by atomic mass is 16.5. The van der Waals surface area contributed by atoms with Crippen LogP contribution in [-0.2, 0) is 15.0 Å². The number of carbonyl (C=O) groups excluding carboxylic acids is 1. The van der Waals surface area contributed by atoms with Gasteiger partial charge in [-0.3, -0.25) is 9.59 Å². The largest absolute Gasteiger partial charge is 0.493 e. The number of benzene rings is 2. The molecule has 28 heavy (non-hydrogen) atoms. The molecule has 3 rings (SSSR count). The van der Waals surface area contributed by atoms with Gasteiger partial charge in [0.1, 0.15) is 12.0 Å². The van der Waals surface area contributed by atoms with Crippen LogP contribution >= 0.6 is 0 Å². The summed E-state index contributed by atoms with van der Waals surface area (Å²) in [6.45, 7) is 1.89. The fourth-order valence-corrected chi connectivity index (χ4v) is 3.36. The topological polar surface area (TPSA) is 84.9 Å². The minimum atomic E-state index is -1.19. The van der Waals surface area contributed by atoms with E-state index in [4.69, 9.17) is 9.47 Å². The number of carbonyl (C=O) groups is 2. The molecule has 1 amide bonds. The summed E-state index contributed by atoms with van der Waals surface area (Å²) in [5, 5.41) is 12.7. The number of nitrogens with one attached hydrogen (secondary N) is 1. The molecule has 0 spiro atoms. The van der Waals surface area contributed by atoms with Crippen molar-refractivity contribution in [1.82, 2.24) is 5.32 Å². The van der Waals surface area contributed by atoms with Gasteiger partial charge in [-0.1, -0.05) is 49.4 Å². The number of rotatable bonds is 7. The number of amides is 1. The highest BCUT2D eigenvalue weighted by Gasteiger charge is 2.39. The lowest BCUT2D eigenvalue weighted by Gasteiger charge is -2.29. The molecule has 0 saturated heterocycles. The first-order valence-electron chi connectivity index (χ1n) is 9.09. The van der Waals surface area contributed by atoms with Crippen LogP contribution in [0.1, 0.15) is 24.5 Å². The van der Waals surface area contributed by atoms with E-state index in [0.717, 1.165) is 5.56 Å². The van der Waals surface area contributed by atoms with Crippen LogP contribution < -0.4 is 14.8 Å². The second-order valence-corrected chi connectivity index (χ2v) is 6.63. The summed E-state index contributed by atoms with van der Waals surface area (Å²) in [6.07, 6.45) is 2.09. The van der Waals surface area contributed by atoms with Crippen LogP contribution in [0.2, 0.25) is 0 Å². The van der Waals surface area contributed by atoms with Gasteiger partial charge >= 0.3 is 5.97 Å². The minimum absolute atomic E-state index is 0.00993. The molecule has 1 aliphatic heterocycles. The molecular formula is C22H23NO5. The molecule has 0 aliphatic carbocycles. The number of hydrogen-bond donors (Lipinski definition) is 2. The summed E-state index contributed by atoms with van der Waals surface area (Å²) >= 11 is 0. The van der Waals surface area contributed by atoms with Crippen molar-refractivity contribution in [2.75, 3.05) is 20.3 Å². The molecule has 1 aliphatic rings. The van der Waals surface area contributed by atoms with E-state index in [1.807, 2.05) is 18.2 Å². The Morgan fingerprint density at radius 1 is 1.18 bits per heavy atom. The molecule has 0 saturated carbocycles. The van der Waals surface area contributed by atoms with E-state index in [9.17, 15) is 14.7 Å². The second-order valence-electron chi connectivity index (χ2n) is 6.63. The molecule has 2 aromatic carbocycles. The Bertz CT molecular complexity index is 906. The highest BCUT2D eigenvalue weighted by Crippen LogP contribution is 2.35. The van der Waals surface area contributed by atoms with Crippen LogP contribution in [0.4, 0.5) is 0 Å². The lowest BCUT2D eigenvalue weighted by atomic mass is 9.78. The maximum Gasteiger partial charge on any atom is 0.315 e. The Balaban J connectivity index is 1.80. The van der Waals surface area contributed by atoms with Gasteiger partial charge in [0.15, 0.2) is 11.5 Å². The van der Waals surface area contributed by atoms with E-state index in [1.54, 1.807) is 50.4 Å². The van der Waals surface area contributed by atoms with E-state index in [1.165, 1.54) is 0 Å². The van der Waals surface area contributed by atoms with Gasteiger partial charge in [0.2, 0.25) is 0 Å². The maximum atomic E-state index is 12.7. The Morgan fingerprint density at radius 2 is 1.93 bits per heavy atom. The van der Waals surface area contributed by atoms with Gasteiger partial charge in [0.25, 0.3) is 5.91 Å². The van der Waals surface area contributed by atoms with Crippen molar-refractivity contribution in [3.05, 3.63) is 65.2 Å². The first-order valence-corrected chi connectivity index (χ1v) is 9.09. The monoisotopic (exact) mass is 381 g/mol. The van der Waals surface area contributed by atoms with Crippen molar-refractivity contribution in [2.45, 2.75) is 18.8 Å². The van der Waals surface area contributed by atoms with Gasteiger partial charge in [0, 0.05) is 12.1 Å². The van der Waals surface area contributed by atoms with Crippen LogP contribution in [0.3, 0.4) is 0 Å². The molecule has 1 unspecified atom stereocenters. The molecule has 146 valence electrons. The van der Waals surface area contributed by atoms with Crippen molar-refractivity contribution in [3.8, 4) is 11.5 Å². The lowest BCUT2D eigenvalue weighted by Crippen LogP contribution is -2.47. The summed E-state index contributed by atoms with van der Waals surface area (Å²) in [6, 6.07) is 14.4. The number of ether oxygens (including phenoxy) is 2. The van der Waals surface area contributed by atoms with Crippen LogP contribution in [0.15, 0.2) is 54.1 Å². The van der Waals surface area contributed by atoms with Crippen LogP contribution in [0, 0.1) is 0 Å². The van der Waals surface area contributed by atoms with Crippen LogP contribution in [0.5, 0.6) is 11.5 Å². The molecule has 0 fully saturated rings. The summed E-state index contributed by atoms with van der Waals surface area (Å²) in [5.74, 6) is -0.110. The van der Waals surface area contributed by atoms with Crippen LogP contribution in [0.25, 0.3) is 6.08 Å². The molecule has 2 aromatic rings. The van der Waals surface area contributed by atoms with Crippen LogP contribution in [-0.4, -0.2) is 37.2 Å². The highest BCUT2D eigenvalue weighted by molar-refractivity contribution is 5.99. The van der Waals surface area contributed by atoms with E-state index in [0.29, 0.717) is 29.1 Å². The number of hydrogen-bond acceptors (Lipinski definition) is 4. The molecule has 2 N–H and O–H groups in total. The molecule has 6 heteroatoms. The van der Waals surface area contributed by atoms with Gasteiger partial charge in [-0.25, -0.2) is 0 Å². The van der Waals surface area contributed by atoms with E-state index in [2.05, 4.69) is 5.32 Å². The van der Waals surface area contributed by atoms with Gasteiger partial charge in [-0.15, -0.1) is 0 Å². The maximum absolute atomic E-state index is 12.7. The number of methoxy groups -OCH3 is 1. The summed E-state index contributed by atoms with van der Waals surface area (Å²) in [4.78, 5) is 24.8. The number of carboxylic acids is 1. The zero-order chi connectivity index (χ0) is 20.1. The number of carboxylic acid groups (broad SMARTS) is 1. The molecule has 1 heterocycles. The molecule has 0 radical (unpaired) electrons. The molecule has 1 atom stereocenters.